The van der Waals surface area contributed by atoms with Crippen LogP contribution in [-0.2, 0) is 4.79 Å². The minimum Gasteiger partial charge on any atom is -0.481 e. The van der Waals surface area contributed by atoms with Gasteiger partial charge in [0.1, 0.15) is 18.4 Å². The molecule has 1 rings (SSSR count). The molecule has 70 valence electrons. The normalized spacial score (nSPS) is 12.5. The molecule has 0 heterocycles. The Balaban J connectivity index is 2.92. The summed E-state index contributed by atoms with van der Waals surface area (Å²) in [6, 6.07) is 4.77. The van der Waals surface area contributed by atoms with E-state index in [4.69, 9.17) is 5.11 Å². The van der Waals surface area contributed by atoms with E-state index in [9.17, 15) is 13.6 Å². The smallest absolute Gasteiger partial charge is 0.313 e. The molecule has 0 aromatic heterocycles. The van der Waals surface area contributed by atoms with E-state index in [0.717, 1.165) is 12.1 Å². The van der Waals surface area contributed by atoms with Crippen LogP contribution in [0.2, 0.25) is 0 Å². The van der Waals surface area contributed by atoms with Crippen LogP contribution in [0.3, 0.4) is 0 Å². The van der Waals surface area contributed by atoms with Crippen molar-refractivity contribution in [1.82, 2.24) is 0 Å². The van der Waals surface area contributed by atoms with Crippen molar-refractivity contribution in [3.8, 4) is 0 Å². The number of alkyl halides is 1. The lowest BCUT2D eigenvalue weighted by molar-refractivity contribution is -0.139. The van der Waals surface area contributed by atoms with Crippen LogP contribution in [0.25, 0.3) is 0 Å². The van der Waals surface area contributed by atoms with Gasteiger partial charge in [-0.05, 0) is 17.7 Å². The third-order valence-corrected chi connectivity index (χ3v) is 1.72. The maximum atomic E-state index is 12.4. The van der Waals surface area contributed by atoms with Gasteiger partial charge in [0.25, 0.3) is 0 Å². The van der Waals surface area contributed by atoms with Crippen LogP contribution in [0, 0.1) is 5.82 Å². The minimum absolute atomic E-state index is 0.274. The molecule has 1 unspecified atom stereocenters. The fourth-order valence-corrected chi connectivity index (χ4v) is 0.993. The molecule has 1 aromatic rings. The molecule has 0 spiro atoms. The standard InChI is InChI=1S/C9H8F2O2/c10-5-8(9(12)13)6-1-3-7(11)4-2-6/h1-4,8H,5H2,(H,12,13). The van der Waals surface area contributed by atoms with Crippen LogP contribution >= 0.6 is 0 Å². The monoisotopic (exact) mass is 186 g/mol. The number of hydrogen-bond acceptors (Lipinski definition) is 1. The molecule has 0 fully saturated rings. The van der Waals surface area contributed by atoms with Crippen molar-refractivity contribution in [3.63, 3.8) is 0 Å². The summed E-state index contributed by atoms with van der Waals surface area (Å²) in [7, 11) is 0. The average Bonchev–Trinajstić information content (AvgIpc) is 2.09. The number of halogens is 2. The first kappa shape index (κ1) is 9.64. The number of rotatable bonds is 3. The fourth-order valence-electron chi connectivity index (χ4n) is 0.993. The Labute approximate surface area is 73.8 Å². The van der Waals surface area contributed by atoms with Gasteiger partial charge in [0.05, 0.1) is 0 Å². The molecule has 0 saturated heterocycles. The summed E-state index contributed by atoms with van der Waals surface area (Å²) in [6.07, 6.45) is 0. The van der Waals surface area contributed by atoms with Crippen molar-refractivity contribution in [2.75, 3.05) is 6.67 Å². The SMILES string of the molecule is O=C(O)C(CF)c1ccc(F)cc1. The fraction of sp³-hybridized carbons (Fsp3) is 0.222. The number of carboxylic acids is 1. The second-order valence-electron chi connectivity index (χ2n) is 2.60. The van der Waals surface area contributed by atoms with Gasteiger partial charge >= 0.3 is 5.97 Å². The molecule has 0 amide bonds. The molecular formula is C9H8F2O2. The van der Waals surface area contributed by atoms with Gasteiger partial charge in [-0.25, -0.2) is 8.78 Å². The minimum atomic E-state index is -1.24. The zero-order valence-electron chi connectivity index (χ0n) is 6.71. The number of carbonyl (C=O) groups is 1. The summed E-state index contributed by atoms with van der Waals surface area (Å²) in [6.45, 7) is -0.985. The number of hydrogen-bond donors (Lipinski definition) is 1. The quantitative estimate of drug-likeness (QED) is 0.783. The highest BCUT2D eigenvalue weighted by Gasteiger charge is 2.19. The van der Waals surface area contributed by atoms with Gasteiger partial charge in [-0.2, -0.15) is 0 Å². The Morgan fingerprint density at radius 3 is 2.31 bits per heavy atom. The van der Waals surface area contributed by atoms with Crippen molar-refractivity contribution in [2.45, 2.75) is 5.92 Å². The first-order valence-electron chi connectivity index (χ1n) is 3.69. The van der Waals surface area contributed by atoms with E-state index >= 15 is 0 Å². The Kier molecular flexibility index (Phi) is 2.95. The molecule has 1 N–H and O–H groups in total. The Hall–Kier alpha value is -1.45. The molecule has 2 nitrogen and oxygen atoms in total. The maximum Gasteiger partial charge on any atom is 0.313 e. The Bertz CT molecular complexity index is 295. The molecule has 0 bridgehead atoms. The van der Waals surface area contributed by atoms with Crippen molar-refractivity contribution in [3.05, 3.63) is 35.6 Å². The van der Waals surface area contributed by atoms with Crippen LogP contribution < -0.4 is 0 Å². The lowest BCUT2D eigenvalue weighted by Crippen LogP contribution is -2.13. The molecular weight excluding hydrogens is 178 g/mol. The predicted octanol–water partition coefficient (Wildman–Crippen LogP) is 1.96. The molecule has 13 heavy (non-hydrogen) atoms. The second-order valence-corrected chi connectivity index (χ2v) is 2.60. The van der Waals surface area contributed by atoms with E-state index in [1.807, 2.05) is 0 Å². The molecule has 0 aliphatic rings. The van der Waals surface area contributed by atoms with E-state index in [1.165, 1.54) is 12.1 Å². The van der Waals surface area contributed by atoms with E-state index in [2.05, 4.69) is 0 Å². The predicted molar refractivity (Wildman–Crippen MR) is 42.8 cm³/mol. The topological polar surface area (TPSA) is 37.3 Å². The molecule has 1 aromatic carbocycles. The van der Waals surface area contributed by atoms with Gasteiger partial charge in [-0.3, -0.25) is 4.79 Å². The number of carboxylic acid groups (broad SMARTS) is 1. The van der Waals surface area contributed by atoms with Gasteiger partial charge in [0, 0.05) is 0 Å². The van der Waals surface area contributed by atoms with E-state index in [0.29, 0.717) is 0 Å². The highest BCUT2D eigenvalue weighted by atomic mass is 19.1. The van der Waals surface area contributed by atoms with Gasteiger partial charge < -0.3 is 5.11 Å². The van der Waals surface area contributed by atoms with Gasteiger partial charge in [-0.15, -0.1) is 0 Å². The van der Waals surface area contributed by atoms with Crippen molar-refractivity contribution in [2.24, 2.45) is 0 Å². The average molecular weight is 186 g/mol. The molecule has 0 saturated carbocycles. The molecule has 4 heteroatoms. The zero-order valence-corrected chi connectivity index (χ0v) is 6.71. The molecule has 0 aliphatic carbocycles. The van der Waals surface area contributed by atoms with Crippen molar-refractivity contribution in [1.29, 1.82) is 0 Å². The number of benzene rings is 1. The van der Waals surface area contributed by atoms with Crippen LogP contribution in [0.5, 0.6) is 0 Å². The third kappa shape index (κ3) is 2.24. The van der Waals surface area contributed by atoms with Gasteiger partial charge in [0.15, 0.2) is 0 Å². The lowest BCUT2D eigenvalue weighted by Gasteiger charge is -2.07. The summed E-state index contributed by atoms with van der Waals surface area (Å²) in [4.78, 5) is 10.5. The first-order valence-corrected chi connectivity index (χ1v) is 3.69. The first-order chi connectivity index (χ1) is 6.15. The highest BCUT2D eigenvalue weighted by Crippen LogP contribution is 2.16. The van der Waals surface area contributed by atoms with Crippen LogP contribution in [-0.4, -0.2) is 17.8 Å². The third-order valence-electron chi connectivity index (χ3n) is 1.72. The summed E-state index contributed by atoms with van der Waals surface area (Å²) in [5.41, 5.74) is 0.274. The molecule has 0 radical (unpaired) electrons. The van der Waals surface area contributed by atoms with Gasteiger partial charge in [0.2, 0.25) is 0 Å². The maximum absolute atomic E-state index is 12.4. The molecule has 0 aliphatic heterocycles. The Morgan fingerprint density at radius 2 is 1.92 bits per heavy atom. The van der Waals surface area contributed by atoms with E-state index in [-0.39, 0.29) is 5.56 Å². The van der Waals surface area contributed by atoms with E-state index in [1.54, 1.807) is 0 Å². The number of aliphatic carboxylic acids is 1. The van der Waals surface area contributed by atoms with Gasteiger partial charge in [-0.1, -0.05) is 12.1 Å². The summed E-state index contributed by atoms with van der Waals surface area (Å²) >= 11 is 0. The summed E-state index contributed by atoms with van der Waals surface area (Å²) < 4.78 is 24.6. The second kappa shape index (κ2) is 3.98. The summed E-state index contributed by atoms with van der Waals surface area (Å²) in [5, 5.41) is 8.56. The van der Waals surface area contributed by atoms with Crippen LogP contribution in [0.1, 0.15) is 11.5 Å². The summed E-state index contributed by atoms with van der Waals surface area (Å²) in [5.74, 6) is -2.90. The Morgan fingerprint density at radius 1 is 1.38 bits per heavy atom. The van der Waals surface area contributed by atoms with Crippen LogP contribution in [0.15, 0.2) is 24.3 Å². The lowest BCUT2D eigenvalue weighted by atomic mass is 10.0. The van der Waals surface area contributed by atoms with Crippen molar-refractivity contribution >= 4 is 5.97 Å². The van der Waals surface area contributed by atoms with Crippen molar-refractivity contribution < 1.29 is 18.7 Å². The molecule has 1 atom stereocenters. The zero-order chi connectivity index (χ0) is 9.84. The van der Waals surface area contributed by atoms with Crippen LogP contribution in [0.4, 0.5) is 8.78 Å². The largest absolute Gasteiger partial charge is 0.481 e. The highest BCUT2D eigenvalue weighted by molar-refractivity contribution is 5.76. The van der Waals surface area contributed by atoms with E-state index < -0.39 is 24.4 Å².